The molecule has 0 saturated carbocycles. The topological polar surface area (TPSA) is 194 Å². The van der Waals surface area contributed by atoms with Crippen molar-refractivity contribution in [2.75, 3.05) is 0 Å². The first kappa shape index (κ1) is 41.2. The van der Waals surface area contributed by atoms with Crippen molar-refractivity contribution >= 4 is 40.4 Å². The van der Waals surface area contributed by atoms with Crippen LogP contribution in [0.15, 0.2) is 0 Å². The van der Waals surface area contributed by atoms with Crippen LogP contribution in [0.4, 0.5) is 0 Å². The van der Waals surface area contributed by atoms with Crippen LogP contribution >= 0.6 is 0 Å². The lowest BCUT2D eigenvalue weighted by atomic mass is 9.98. The number of nitrogens with one attached hydrogen (secondary N) is 2. The van der Waals surface area contributed by atoms with Crippen molar-refractivity contribution in [2.24, 2.45) is 23.3 Å². The van der Waals surface area contributed by atoms with E-state index in [1.807, 2.05) is 27.7 Å². The summed E-state index contributed by atoms with van der Waals surface area (Å²) in [6.07, 6.45) is 5.00. The van der Waals surface area contributed by atoms with Gasteiger partial charge in [-0.25, -0.2) is 0 Å². The van der Waals surface area contributed by atoms with E-state index in [4.69, 9.17) is 15.6 Å². The van der Waals surface area contributed by atoms with Gasteiger partial charge in [0, 0.05) is 36.0 Å². The number of carbonyl (C=O) groups excluding carboxylic acids is 2. The summed E-state index contributed by atoms with van der Waals surface area (Å²) in [5, 5.41) is 24.7. The van der Waals surface area contributed by atoms with Gasteiger partial charge in [-0.2, -0.15) is 0 Å². The lowest BCUT2D eigenvalue weighted by Crippen LogP contribution is -2.44. The van der Waals surface area contributed by atoms with Crippen LogP contribution in [0.2, 0.25) is 38.3 Å². The maximum Gasteiger partial charge on any atom is 0.304 e. The fourth-order valence-electron chi connectivity index (χ4n) is 5.36. The summed E-state index contributed by atoms with van der Waals surface area (Å²) in [4.78, 5) is 48.6. The van der Waals surface area contributed by atoms with Crippen molar-refractivity contribution in [3.8, 4) is 0 Å². The largest absolute Gasteiger partial charge is 0.481 e. The SMILES string of the molecule is CC(N)CCC(C)NC(=O)C(CCC[Si](C)(C)O[Si](C)(C)CCCC(CC(=O)O)C(=O)NC(C)CCC(C)N)CC(=O)O. The number of rotatable bonds is 24. The molecule has 11 nitrogen and oxygen atoms in total. The Morgan fingerprint density at radius 1 is 0.628 bits per heavy atom. The second kappa shape index (κ2) is 20.3. The smallest absolute Gasteiger partial charge is 0.304 e. The van der Waals surface area contributed by atoms with Crippen LogP contribution in [0.5, 0.6) is 0 Å². The molecular formula is C30H62N4O7Si2. The van der Waals surface area contributed by atoms with Crippen molar-refractivity contribution in [2.45, 2.75) is 154 Å². The molecule has 6 atom stereocenters. The molecule has 0 fully saturated rings. The van der Waals surface area contributed by atoms with Gasteiger partial charge in [-0.3, -0.25) is 19.2 Å². The number of hydrogen-bond donors (Lipinski definition) is 6. The Kier molecular flexibility index (Phi) is 19.4. The summed E-state index contributed by atoms with van der Waals surface area (Å²) in [7, 11) is -4.24. The molecule has 0 aromatic carbocycles. The maximum absolute atomic E-state index is 12.8. The van der Waals surface area contributed by atoms with Crippen molar-refractivity contribution in [1.82, 2.24) is 10.6 Å². The van der Waals surface area contributed by atoms with E-state index in [1.165, 1.54) is 0 Å². The lowest BCUT2D eigenvalue weighted by Gasteiger charge is -2.34. The van der Waals surface area contributed by atoms with Crippen LogP contribution in [0, 0.1) is 11.8 Å². The van der Waals surface area contributed by atoms with Gasteiger partial charge in [0.05, 0.1) is 12.8 Å². The van der Waals surface area contributed by atoms with Crippen molar-refractivity contribution in [3.63, 3.8) is 0 Å². The minimum absolute atomic E-state index is 0.0457. The quantitative estimate of drug-likeness (QED) is 0.0823. The Hall–Kier alpha value is -1.81. The van der Waals surface area contributed by atoms with E-state index < -0.39 is 40.4 Å². The van der Waals surface area contributed by atoms with Crippen molar-refractivity contribution in [3.05, 3.63) is 0 Å². The first-order chi connectivity index (χ1) is 19.7. The Balaban J connectivity index is 4.95. The summed E-state index contributed by atoms with van der Waals surface area (Å²) in [5.74, 6) is -3.61. The summed E-state index contributed by atoms with van der Waals surface area (Å²) in [5.41, 5.74) is 11.6. The van der Waals surface area contributed by atoms with Gasteiger partial charge in [-0.1, -0.05) is 12.8 Å². The Morgan fingerprint density at radius 2 is 0.953 bits per heavy atom. The predicted octanol–water partition coefficient (Wildman–Crippen LogP) is 4.42. The highest BCUT2D eigenvalue weighted by Crippen LogP contribution is 2.27. The maximum atomic E-state index is 12.8. The van der Waals surface area contributed by atoms with E-state index in [0.717, 1.165) is 37.8 Å². The molecule has 0 bridgehead atoms. The highest BCUT2D eigenvalue weighted by Gasteiger charge is 2.34. The van der Waals surface area contributed by atoms with Gasteiger partial charge in [-0.15, -0.1) is 0 Å². The number of nitrogens with two attached hydrogens (primary N) is 2. The summed E-state index contributed by atoms with van der Waals surface area (Å²) >= 11 is 0. The third-order valence-electron chi connectivity index (χ3n) is 7.69. The second-order valence-corrected chi connectivity index (χ2v) is 22.8. The fraction of sp³-hybridized carbons (Fsp3) is 0.867. The molecule has 0 saturated heterocycles. The van der Waals surface area contributed by atoms with Gasteiger partial charge >= 0.3 is 11.9 Å². The van der Waals surface area contributed by atoms with E-state index in [1.54, 1.807) is 0 Å². The van der Waals surface area contributed by atoms with Gasteiger partial charge in [0.1, 0.15) is 0 Å². The zero-order valence-electron chi connectivity index (χ0n) is 28.0. The monoisotopic (exact) mass is 646 g/mol. The Bertz CT molecular complexity index is 803. The molecule has 0 heterocycles. The average Bonchev–Trinajstić information content (AvgIpc) is 2.83. The van der Waals surface area contributed by atoms with Crippen LogP contribution in [0.1, 0.15) is 91.9 Å². The molecule has 13 heteroatoms. The fourth-order valence-corrected chi connectivity index (χ4v) is 14.3. The number of amides is 2. The third kappa shape index (κ3) is 21.5. The minimum Gasteiger partial charge on any atom is -0.481 e. The molecule has 0 aromatic heterocycles. The highest BCUT2D eigenvalue weighted by atomic mass is 28.4. The normalized spacial score (nSPS) is 16.4. The standard InChI is InChI=1S/C30H62N4O7Si2/c1-21(31)13-15-23(3)33-29(39)25(19-27(35)36)11-9-17-42(5,6)41-43(7,8)18-10-12-26(20-28(37)38)30(40)34-24(4)16-14-22(2)32/h21-26H,9-20,31-32H2,1-8H3,(H,33,39)(H,34,40)(H,35,36)(H,37,38). The second-order valence-electron chi connectivity index (χ2n) is 13.9. The molecule has 0 aliphatic carbocycles. The molecule has 252 valence electrons. The Morgan fingerprint density at radius 3 is 1.23 bits per heavy atom. The molecule has 43 heavy (non-hydrogen) atoms. The summed E-state index contributed by atoms with van der Waals surface area (Å²) in [6.45, 7) is 16.3. The Labute approximate surface area is 261 Å². The molecule has 2 amide bonds. The van der Waals surface area contributed by atoms with Gasteiger partial charge < -0.3 is 36.4 Å². The third-order valence-corrected chi connectivity index (χ3v) is 15.2. The van der Waals surface area contributed by atoms with Crippen LogP contribution in [0.25, 0.3) is 0 Å². The molecular weight excluding hydrogens is 585 g/mol. The average molecular weight is 647 g/mol. The number of carbonyl (C=O) groups is 4. The zero-order chi connectivity index (χ0) is 33.4. The first-order valence-electron chi connectivity index (χ1n) is 16.0. The molecule has 0 aliphatic rings. The van der Waals surface area contributed by atoms with E-state index in [2.05, 4.69) is 36.8 Å². The van der Waals surface area contributed by atoms with E-state index in [9.17, 15) is 29.4 Å². The zero-order valence-corrected chi connectivity index (χ0v) is 30.0. The van der Waals surface area contributed by atoms with Crippen LogP contribution in [-0.4, -0.2) is 74.8 Å². The molecule has 0 spiro atoms. The summed E-state index contributed by atoms with van der Waals surface area (Å²) in [6, 6.07) is 1.56. The molecule has 6 unspecified atom stereocenters. The van der Waals surface area contributed by atoms with Crippen molar-refractivity contribution in [1.29, 1.82) is 0 Å². The molecule has 0 rings (SSSR count). The minimum atomic E-state index is -2.12. The van der Waals surface area contributed by atoms with Crippen LogP contribution < -0.4 is 22.1 Å². The van der Waals surface area contributed by atoms with Gasteiger partial charge in [0.15, 0.2) is 16.6 Å². The van der Waals surface area contributed by atoms with E-state index in [0.29, 0.717) is 25.7 Å². The molecule has 8 N–H and O–H groups in total. The molecule has 0 aliphatic heterocycles. The number of aliphatic carboxylic acids is 2. The summed E-state index contributed by atoms with van der Waals surface area (Å²) < 4.78 is 6.73. The molecule has 0 radical (unpaired) electrons. The van der Waals surface area contributed by atoms with Gasteiger partial charge in [0.25, 0.3) is 0 Å². The van der Waals surface area contributed by atoms with Gasteiger partial charge in [0.2, 0.25) is 11.8 Å². The predicted molar refractivity (Wildman–Crippen MR) is 177 cm³/mol. The number of carboxylic acid groups (broad SMARTS) is 2. The molecule has 0 aromatic rings. The van der Waals surface area contributed by atoms with E-state index >= 15 is 0 Å². The van der Waals surface area contributed by atoms with Crippen LogP contribution in [0.3, 0.4) is 0 Å². The van der Waals surface area contributed by atoms with Crippen molar-refractivity contribution < 1.29 is 33.5 Å². The number of carboxylic acids is 2. The number of hydrogen-bond acceptors (Lipinski definition) is 7. The van der Waals surface area contributed by atoms with E-state index in [-0.39, 0.29) is 48.8 Å². The van der Waals surface area contributed by atoms with Gasteiger partial charge in [-0.05, 0) is 104 Å². The van der Waals surface area contributed by atoms with Crippen LogP contribution in [-0.2, 0) is 23.3 Å². The lowest BCUT2D eigenvalue weighted by molar-refractivity contribution is -0.141. The highest BCUT2D eigenvalue weighted by molar-refractivity contribution is 6.84. The first-order valence-corrected chi connectivity index (χ1v) is 22.2.